The van der Waals surface area contributed by atoms with E-state index in [1.807, 2.05) is 0 Å². The fourth-order valence-corrected chi connectivity index (χ4v) is 1.22. The lowest BCUT2D eigenvalue weighted by Crippen LogP contribution is -2.36. The highest BCUT2D eigenvalue weighted by molar-refractivity contribution is 6.59. The van der Waals surface area contributed by atoms with Gasteiger partial charge >= 0.3 is 13.3 Å². The van der Waals surface area contributed by atoms with Gasteiger partial charge in [-0.05, 0) is 11.5 Å². The molecule has 1 aromatic heterocycles. The summed E-state index contributed by atoms with van der Waals surface area (Å²) in [6.07, 6.45) is -3.79. The van der Waals surface area contributed by atoms with Gasteiger partial charge in [-0.3, -0.25) is 0 Å². The Morgan fingerprint density at radius 1 is 1.36 bits per heavy atom. The maximum absolute atomic E-state index is 12.3. The highest BCUT2D eigenvalue weighted by Gasteiger charge is 2.39. The molecule has 1 aromatic rings. The van der Waals surface area contributed by atoms with E-state index in [-0.39, 0.29) is 0 Å². The van der Waals surface area contributed by atoms with Gasteiger partial charge in [0.1, 0.15) is 5.15 Å². The molecule has 0 spiro atoms. The van der Waals surface area contributed by atoms with Crippen LogP contribution in [0.15, 0.2) is 12.3 Å². The Bertz CT molecular complexity index is 344. The fourth-order valence-electron chi connectivity index (χ4n) is 0.946. The molecule has 0 radical (unpaired) electrons. The molecular formula is C6H4BClF3NO2. The summed E-state index contributed by atoms with van der Waals surface area (Å²) >= 11 is 5.20. The third kappa shape index (κ3) is 2.17. The topological polar surface area (TPSA) is 53.4 Å². The van der Waals surface area contributed by atoms with Gasteiger partial charge in [0, 0.05) is 6.20 Å². The molecule has 2 N–H and O–H groups in total. The average molecular weight is 225 g/mol. The van der Waals surface area contributed by atoms with E-state index in [0.717, 1.165) is 12.3 Å². The quantitative estimate of drug-likeness (QED) is 0.538. The van der Waals surface area contributed by atoms with Crippen LogP contribution in [0.1, 0.15) is 5.56 Å². The fraction of sp³-hybridized carbons (Fsp3) is 0.167. The molecule has 0 atom stereocenters. The summed E-state index contributed by atoms with van der Waals surface area (Å²) in [6.45, 7) is 0. The highest BCUT2D eigenvalue weighted by atomic mass is 35.5. The molecule has 0 aliphatic carbocycles. The largest absolute Gasteiger partial charge is 0.489 e. The first-order chi connectivity index (χ1) is 6.34. The first-order valence-corrected chi connectivity index (χ1v) is 3.79. The molecule has 1 rings (SSSR count). The summed E-state index contributed by atoms with van der Waals surface area (Å²) in [5.41, 5.74) is -2.03. The van der Waals surface area contributed by atoms with Gasteiger partial charge < -0.3 is 10.0 Å². The molecule has 0 saturated heterocycles. The molecule has 0 aliphatic heterocycles. The minimum Gasteiger partial charge on any atom is -0.423 e. The van der Waals surface area contributed by atoms with Crippen LogP contribution >= 0.6 is 11.6 Å². The lowest BCUT2D eigenvalue weighted by Gasteiger charge is -2.12. The zero-order valence-electron chi connectivity index (χ0n) is 6.59. The predicted octanol–water partition coefficient (Wildman–Crippen LogP) is 0.434. The molecule has 0 aromatic carbocycles. The number of hydrogen-bond donors (Lipinski definition) is 2. The van der Waals surface area contributed by atoms with Crippen molar-refractivity contribution in [2.75, 3.05) is 0 Å². The van der Waals surface area contributed by atoms with E-state index in [0.29, 0.717) is 0 Å². The first kappa shape index (κ1) is 11.3. The normalized spacial score (nSPS) is 11.6. The van der Waals surface area contributed by atoms with E-state index >= 15 is 0 Å². The molecule has 3 nitrogen and oxygen atoms in total. The van der Waals surface area contributed by atoms with Crippen molar-refractivity contribution in [2.24, 2.45) is 0 Å². The molecule has 0 bridgehead atoms. The van der Waals surface area contributed by atoms with E-state index in [1.165, 1.54) is 0 Å². The summed E-state index contributed by atoms with van der Waals surface area (Å²) in [7, 11) is -2.23. The van der Waals surface area contributed by atoms with Crippen LogP contribution in [0.2, 0.25) is 5.15 Å². The molecule has 0 aliphatic rings. The second-order valence-electron chi connectivity index (χ2n) is 2.44. The molecule has 1 heterocycles. The minimum absolute atomic E-state index is 0.711. The maximum atomic E-state index is 12.3. The van der Waals surface area contributed by atoms with Gasteiger partial charge in [0.25, 0.3) is 0 Å². The molecule has 0 fully saturated rings. The number of nitrogens with zero attached hydrogens (tertiary/aromatic N) is 1. The molecular weight excluding hydrogens is 221 g/mol. The number of rotatable bonds is 1. The first-order valence-electron chi connectivity index (χ1n) is 3.41. The van der Waals surface area contributed by atoms with E-state index in [4.69, 9.17) is 21.6 Å². The third-order valence-corrected chi connectivity index (χ3v) is 1.79. The number of alkyl halides is 3. The van der Waals surface area contributed by atoms with Crippen LogP contribution < -0.4 is 5.46 Å². The second kappa shape index (κ2) is 3.76. The van der Waals surface area contributed by atoms with Crippen LogP contribution in [0.4, 0.5) is 13.2 Å². The number of hydrogen-bond acceptors (Lipinski definition) is 3. The van der Waals surface area contributed by atoms with E-state index < -0.39 is 29.5 Å². The van der Waals surface area contributed by atoms with Gasteiger partial charge in [0.2, 0.25) is 0 Å². The monoisotopic (exact) mass is 225 g/mol. The smallest absolute Gasteiger partial charge is 0.423 e. The van der Waals surface area contributed by atoms with Crippen molar-refractivity contribution < 1.29 is 23.2 Å². The predicted molar refractivity (Wildman–Crippen MR) is 44.1 cm³/mol. The van der Waals surface area contributed by atoms with Crippen LogP contribution in [0.3, 0.4) is 0 Å². The Balaban J connectivity index is 3.38. The molecule has 0 amide bonds. The van der Waals surface area contributed by atoms with Gasteiger partial charge in [-0.25, -0.2) is 4.98 Å². The van der Waals surface area contributed by atoms with Crippen LogP contribution in [0.5, 0.6) is 0 Å². The second-order valence-corrected chi connectivity index (χ2v) is 2.80. The zero-order valence-corrected chi connectivity index (χ0v) is 7.34. The van der Waals surface area contributed by atoms with Crippen molar-refractivity contribution in [3.05, 3.63) is 23.0 Å². The van der Waals surface area contributed by atoms with Crippen molar-refractivity contribution in [2.45, 2.75) is 6.18 Å². The van der Waals surface area contributed by atoms with Crippen LogP contribution in [0, 0.1) is 0 Å². The molecule has 76 valence electrons. The van der Waals surface area contributed by atoms with Gasteiger partial charge in [0.05, 0.1) is 5.56 Å². The Hall–Kier alpha value is -0.785. The van der Waals surface area contributed by atoms with E-state index in [9.17, 15) is 13.2 Å². The summed E-state index contributed by atoms with van der Waals surface area (Å²) in [5.74, 6) is 0. The van der Waals surface area contributed by atoms with Gasteiger partial charge in [-0.1, -0.05) is 11.6 Å². The Labute approximate surface area is 82.3 Å². The van der Waals surface area contributed by atoms with Crippen LogP contribution in [0.25, 0.3) is 0 Å². The van der Waals surface area contributed by atoms with Crippen molar-refractivity contribution in [3.8, 4) is 0 Å². The molecule has 14 heavy (non-hydrogen) atoms. The van der Waals surface area contributed by atoms with Gasteiger partial charge in [-0.15, -0.1) is 0 Å². The Kier molecular flexibility index (Phi) is 3.03. The van der Waals surface area contributed by atoms with Crippen molar-refractivity contribution in [3.63, 3.8) is 0 Å². The van der Waals surface area contributed by atoms with E-state index in [1.54, 1.807) is 0 Å². The van der Waals surface area contributed by atoms with Crippen molar-refractivity contribution >= 4 is 24.2 Å². The third-order valence-electron chi connectivity index (χ3n) is 1.50. The summed E-state index contributed by atoms with van der Waals surface area (Å²) in [5, 5.41) is 16.5. The number of halogens is 4. The molecule has 0 saturated carbocycles. The number of aromatic nitrogens is 1. The van der Waals surface area contributed by atoms with Crippen LogP contribution in [-0.4, -0.2) is 22.2 Å². The summed E-state index contributed by atoms with van der Waals surface area (Å²) in [6, 6.07) is 0.847. The molecule has 8 heteroatoms. The maximum Gasteiger partial charge on any atom is 0.489 e. The SMILES string of the molecule is OB(O)c1ccnc(Cl)c1C(F)(F)F. The molecule has 0 unspecified atom stereocenters. The average Bonchev–Trinajstić information content (AvgIpc) is 2.01. The number of pyridine rings is 1. The lowest BCUT2D eigenvalue weighted by atomic mass is 9.77. The zero-order chi connectivity index (χ0) is 10.9. The lowest BCUT2D eigenvalue weighted by molar-refractivity contribution is -0.137. The summed E-state index contributed by atoms with van der Waals surface area (Å²) in [4.78, 5) is 3.21. The Morgan fingerprint density at radius 3 is 2.29 bits per heavy atom. The Morgan fingerprint density at radius 2 is 1.93 bits per heavy atom. The highest BCUT2D eigenvalue weighted by Crippen LogP contribution is 2.32. The standard InChI is InChI=1S/C6H4BClF3NO2/c8-5-4(6(9,10)11)3(7(13)14)1-2-12-5/h1-2,13-14H. The van der Waals surface area contributed by atoms with Crippen molar-refractivity contribution in [1.29, 1.82) is 0 Å². The summed E-state index contributed by atoms with van der Waals surface area (Å²) < 4.78 is 37.0. The van der Waals surface area contributed by atoms with Gasteiger partial charge in [0.15, 0.2) is 0 Å². The van der Waals surface area contributed by atoms with Gasteiger partial charge in [-0.2, -0.15) is 13.2 Å². The van der Waals surface area contributed by atoms with Crippen molar-refractivity contribution in [1.82, 2.24) is 4.98 Å². The van der Waals surface area contributed by atoms with Crippen LogP contribution in [-0.2, 0) is 6.18 Å². The van der Waals surface area contributed by atoms with E-state index in [2.05, 4.69) is 4.98 Å². The minimum atomic E-state index is -4.76.